The van der Waals surface area contributed by atoms with Gasteiger partial charge < -0.3 is 9.80 Å². The molecule has 6 nitrogen and oxygen atoms in total. The van der Waals surface area contributed by atoms with Crippen molar-refractivity contribution in [2.75, 3.05) is 28.6 Å². The van der Waals surface area contributed by atoms with E-state index in [2.05, 4.69) is 29.7 Å². The van der Waals surface area contributed by atoms with Crippen LogP contribution in [0.15, 0.2) is 18.2 Å². The number of nitriles is 1. The maximum atomic E-state index is 10.8. The van der Waals surface area contributed by atoms with Crippen molar-refractivity contribution < 1.29 is 13.0 Å². The van der Waals surface area contributed by atoms with Crippen molar-refractivity contribution in [3.05, 3.63) is 23.8 Å². The second-order valence-electron chi connectivity index (χ2n) is 5.42. The van der Waals surface area contributed by atoms with E-state index < -0.39 is 10.1 Å². The first kappa shape index (κ1) is 16.6. The fourth-order valence-corrected chi connectivity index (χ4v) is 3.51. The monoisotopic (exact) mass is 323 g/mol. The van der Waals surface area contributed by atoms with Gasteiger partial charge in [0.05, 0.1) is 34.9 Å². The van der Waals surface area contributed by atoms with Gasteiger partial charge in [0, 0.05) is 13.1 Å². The average Bonchev–Trinajstić information content (AvgIpc) is 2.73. The standard InChI is InChI=1S/C15H21N3O3S/c1-3-17-12(2)18(8-4-5-9-22(19,20)21)15-10-13(11-16)6-7-14(15)17/h6-7,10,12H,3-5,8-9H2,1-2H3,(H,19,20,21). The molecule has 22 heavy (non-hydrogen) atoms. The lowest BCUT2D eigenvalue weighted by molar-refractivity contribution is 0.479. The molecule has 1 aromatic rings. The van der Waals surface area contributed by atoms with Crippen molar-refractivity contribution in [1.82, 2.24) is 0 Å². The van der Waals surface area contributed by atoms with E-state index in [0.717, 1.165) is 17.9 Å². The van der Waals surface area contributed by atoms with Crippen molar-refractivity contribution in [2.45, 2.75) is 32.9 Å². The van der Waals surface area contributed by atoms with Crippen LogP contribution in [-0.2, 0) is 10.1 Å². The summed E-state index contributed by atoms with van der Waals surface area (Å²) in [4.78, 5) is 4.43. The molecule has 0 spiro atoms. The average molecular weight is 323 g/mol. The molecule has 0 aromatic heterocycles. The third-order valence-corrected chi connectivity index (χ3v) is 4.82. The number of anilines is 2. The number of unbranched alkanes of at least 4 members (excludes halogenated alkanes) is 1. The zero-order valence-corrected chi connectivity index (χ0v) is 13.7. The quantitative estimate of drug-likeness (QED) is 0.638. The summed E-state index contributed by atoms with van der Waals surface area (Å²) in [5.41, 5.74) is 2.73. The zero-order chi connectivity index (χ0) is 16.3. The maximum Gasteiger partial charge on any atom is 0.264 e. The third-order valence-electron chi connectivity index (χ3n) is 4.02. The van der Waals surface area contributed by atoms with Gasteiger partial charge in [-0.15, -0.1) is 0 Å². The highest BCUT2D eigenvalue weighted by Gasteiger charge is 2.31. The van der Waals surface area contributed by atoms with E-state index >= 15 is 0 Å². The summed E-state index contributed by atoms with van der Waals surface area (Å²) in [6, 6.07) is 7.81. The minimum absolute atomic E-state index is 0.166. The van der Waals surface area contributed by atoms with E-state index in [9.17, 15) is 8.42 Å². The van der Waals surface area contributed by atoms with Crippen molar-refractivity contribution in [3.63, 3.8) is 0 Å². The van der Waals surface area contributed by atoms with Crippen LogP contribution in [0.25, 0.3) is 0 Å². The lowest BCUT2D eigenvalue weighted by Gasteiger charge is -2.29. The molecule has 0 fully saturated rings. The Morgan fingerprint density at radius 1 is 1.27 bits per heavy atom. The highest BCUT2D eigenvalue weighted by atomic mass is 32.2. The molecule has 0 aliphatic carbocycles. The number of fused-ring (bicyclic) bond motifs is 1. The van der Waals surface area contributed by atoms with E-state index in [0.29, 0.717) is 24.9 Å². The fourth-order valence-electron chi connectivity index (χ4n) is 2.95. The Morgan fingerprint density at radius 3 is 2.59 bits per heavy atom. The number of benzene rings is 1. The van der Waals surface area contributed by atoms with Gasteiger partial charge >= 0.3 is 0 Å². The lowest BCUT2D eigenvalue weighted by atomic mass is 10.1. The van der Waals surface area contributed by atoms with Gasteiger partial charge in [0.15, 0.2) is 0 Å². The van der Waals surface area contributed by atoms with Crippen LogP contribution in [0.4, 0.5) is 11.4 Å². The molecular formula is C15H21N3O3S. The van der Waals surface area contributed by atoms with Gasteiger partial charge in [0.25, 0.3) is 10.1 Å². The van der Waals surface area contributed by atoms with Gasteiger partial charge in [-0.25, -0.2) is 0 Å². The van der Waals surface area contributed by atoms with Gasteiger partial charge in [0.2, 0.25) is 0 Å². The predicted octanol–water partition coefficient (Wildman–Crippen LogP) is 2.22. The van der Waals surface area contributed by atoms with Crippen LogP contribution in [0.2, 0.25) is 0 Å². The van der Waals surface area contributed by atoms with E-state index in [1.807, 2.05) is 18.2 Å². The van der Waals surface area contributed by atoms with Gasteiger partial charge in [-0.1, -0.05) is 0 Å². The molecule has 2 rings (SSSR count). The Hall–Kier alpha value is -1.78. The summed E-state index contributed by atoms with van der Waals surface area (Å²) in [6.45, 7) is 5.73. The van der Waals surface area contributed by atoms with Crippen LogP contribution in [0.5, 0.6) is 0 Å². The van der Waals surface area contributed by atoms with E-state index in [-0.39, 0.29) is 11.9 Å². The van der Waals surface area contributed by atoms with Crippen LogP contribution in [-0.4, -0.2) is 38.0 Å². The number of hydrogen-bond acceptors (Lipinski definition) is 5. The van der Waals surface area contributed by atoms with Crippen LogP contribution >= 0.6 is 0 Å². The Balaban J connectivity index is 2.13. The molecule has 0 saturated heterocycles. The largest absolute Gasteiger partial charge is 0.350 e. The molecule has 1 aromatic carbocycles. The molecule has 1 atom stereocenters. The molecular weight excluding hydrogens is 302 g/mol. The summed E-state index contributed by atoms with van der Waals surface area (Å²) in [7, 11) is -3.89. The summed E-state index contributed by atoms with van der Waals surface area (Å²) >= 11 is 0. The summed E-state index contributed by atoms with van der Waals surface area (Å²) in [5, 5.41) is 9.07. The Morgan fingerprint density at radius 2 is 2.00 bits per heavy atom. The molecule has 0 radical (unpaired) electrons. The molecule has 1 aliphatic heterocycles. The Bertz CT molecular complexity index is 682. The Labute approximate surface area is 131 Å². The zero-order valence-electron chi connectivity index (χ0n) is 12.9. The molecule has 7 heteroatoms. The highest BCUT2D eigenvalue weighted by Crippen LogP contribution is 2.40. The second-order valence-corrected chi connectivity index (χ2v) is 6.99. The van der Waals surface area contributed by atoms with Gasteiger partial charge in [-0.05, 0) is 44.9 Å². The van der Waals surface area contributed by atoms with E-state index in [1.165, 1.54) is 0 Å². The van der Waals surface area contributed by atoms with Gasteiger partial charge in [0.1, 0.15) is 0 Å². The highest BCUT2D eigenvalue weighted by molar-refractivity contribution is 7.85. The topological polar surface area (TPSA) is 84.6 Å². The van der Waals surface area contributed by atoms with Crippen molar-refractivity contribution in [2.24, 2.45) is 0 Å². The molecule has 120 valence electrons. The summed E-state index contributed by atoms with van der Waals surface area (Å²) in [6.07, 6.45) is 1.25. The summed E-state index contributed by atoms with van der Waals surface area (Å²) in [5.74, 6) is -0.211. The van der Waals surface area contributed by atoms with Crippen molar-refractivity contribution in [3.8, 4) is 6.07 Å². The Kier molecular flexibility index (Phi) is 4.94. The minimum Gasteiger partial charge on any atom is -0.350 e. The van der Waals surface area contributed by atoms with E-state index in [1.54, 1.807) is 0 Å². The summed E-state index contributed by atoms with van der Waals surface area (Å²) < 4.78 is 30.3. The second kappa shape index (κ2) is 6.55. The molecule has 0 saturated carbocycles. The predicted molar refractivity (Wildman–Crippen MR) is 86.6 cm³/mol. The van der Waals surface area contributed by atoms with Crippen LogP contribution < -0.4 is 9.80 Å². The minimum atomic E-state index is -3.89. The molecule has 1 N–H and O–H groups in total. The van der Waals surface area contributed by atoms with Crippen molar-refractivity contribution >= 4 is 21.5 Å². The number of nitrogens with zero attached hydrogens (tertiary/aromatic N) is 3. The molecule has 1 unspecified atom stereocenters. The first-order valence-corrected chi connectivity index (χ1v) is 9.01. The molecule has 1 heterocycles. The van der Waals surface area contributed by atoms with E-state index in [4.69, 9.17) is 9.81 Å². The third kappa shape index (κ3) is 3.51. The maximum absolute atomic E-state index is 10.8. The van der Waals surface area contributed by atoms with Gasteiger partial charge in [-0.3, -0.25) is 4.55 Å². The van der Waals surface area contributed by atoms with Crippen LogP contribution in [0.1, 0.15) is 32.3 Å². The number of rotatable bonds is 6. The van der Waals surface area contributed by atoms with Gasteiger partial charge in [-0.2, -0.15) is 13.7 Å². The smallest absolute Gasteiger partial charge is 0.264 e. The van der Waals surface area contributed by atoms with Crippen molar-refractivity contribution in [1.29, 1.82) is 5.26 Å². The SMILES string of the molecule is CCN1c2ccc(C#N)cc2N(CCCCS(=O)(=O)O)C1C. The first-order chi connectivity index (χ1) is 10.4. The lowest BCUT2D eigenvalue weighted by Crippen LogP contribution is -2.41. The fraction of sp³-hybridized carbons (Fsp3) is 0.533. The normalized spacial score (nSPS) is 17.5. The van der Waals surface area contributed by atoms with Crippen LogP contribution in [0, 0.1) is 11.3 Å². The van der Waals surface area contributed by atoms with Crippen LogP contribution in [0.3, 0.4) is 0 Å². The molecule has 0 amide bonds. The molecule has 0 bridgehead atoms. The molecule has 1 aliphatic rings. The number of hydrogen-bond donors (Lipinski definition) is 1. The first-order valence-electron chi connectivity index (χ1n) is 7.40.